The van der Waals surface area contributed by atoms with Gasteiger partial charge in [0.2, 0.25) is 0 Å². The highest BCUT2D eigenvalue weighted by Gasteiger charge is 2.21. The van der Waals surface area contributed by atoms with Gasteiger partial charge in [0.25, 0.3) is 0 Å². The Bertz CT molecular complexity index is 705. The molecule has 4 rings (SSSR count). The standard InChI is InChI=1S/C15H16N4O/c20-11-5-7-18(8-6-11)19-14-4-2-1-3-12(14)13-9-16-10-17-15(13)19/h1-4,9-11,20H,5-8H2. The van der Waals surface area contributed by atoms with E-state index in [1.54, 1.807) is 6.33 Å². The highest BCUT2D eigenvalue weighted by molar-refractivity contribution is 6.06. The number of aromatic nitrogens is 3. The molecule has 3 aromatic rings. The quantitative estimate of drug-likeness (QED) is 0.729. The van der Waals surface area contributed by atoms with E-state index in [1.165, 1.54) is 5.39 Å². The van der Waals surface area contributed by atoms with Gasteiger partial charge in [-0.05, 0) is 18.9 Å². The summed E-state index contributed by atoms with van der Waals surface area (Å²) in [7, 11) is 0. The first-order valence-electron chi connectivity index (χ1n) is 6.97. The fraction of sp³-hybridized carbons (Fsp3) is 0.333. The molecular weight excluding hydrogens is 252 g/mol. The van der Waals surface area contributed by atoms with E-state index in [1.807, 2.05) is 18.3 Å². The van der Waals surface area contributed by atoms with Crippen LogP contribution in [0.2, 0.25) is 0 Å². The summed E-state index contributed by atoms with van der Waals surface area (Å²) < 4.78 is 2.18. The van der Waals surface area contributed by atoms with Gasteiger partial charge in [-0.25, -0.2) is 14.6 Å². The maximum atomic E-state index is 9.69. The molecule has 5 nitrogen and oxygen atoms in total. The number of hydrogen-bond donors (Lipinski definition) is 1. The number of aliphatic hydroxyl groups is 1. The van der Waals surface area contributed by atoms with Crippen molar-refractivity contribution in [1.29, 1.82) is 0 Å². The third kappa shape index (κ3) is 1.67. The lowest BCUT2D eigenvalue weighted by molar-refractivity contribution is 0.139. The molecule has 20 heavy (non-hydrogen) atoms. The van der Waals surface area contributed by atoms with Crippen molar-refractivity contribution in [2.24, 2.45) is 0 Å². The number of para-hydroxylation sites is 1. The summed E-state index contributed by atoms with van der Waals surface area (Å²) in [6.07, 6.45) is 4.91. The lowest BCUT2D eigenvalue weighted by Crippen LogP contribution is -2.43. The molecule has 1 aliphatic heterocycles. The molecule has 1 fully saturated rings. The van der Waals surface area contributed by atoms with Crippen molar-refractivity contribution in [3.8, 4) is 0 Å². The van der Waals surface area contributed by atoms with E-state index in [2.05, 4.69) is 31.8 Å². The van der Waals surface area contributed by atoms with Gasteiger partial charge >= 0.3 is 0 Å². The van der Waals surface area contributed by atoms with Crippen molar-refractivity contribution in [1.82, 2.24) is 14.6 Å². The molecule has 2 aromatic heterocycles. The topological polar surface area (TPSA) is 54.2 Å². The van der Waals surface area contributed by atoms with E-state index in [0.29, 0.717) is 0 Å². The first-order valence-corrected chi connectivity index (χ1v) is 6.97. The van der Waals surface area contributed by atoms with E-state index in [0.717, 1.165) is 42.5 Å². The Labute approximate surface area is 116 Å². The molecule has 0 amide bonds. The lowest BCUT2D eigenvalue weighted by atomic mass is 10.1. The monoisotopic (exact) mass is 268 g/mol. The molecule has 0 spiro atoms. The Morgan fingerprint density at radius 3 is 2.75 bits per heavy atom. The van der Waals surface area contributed by atoms with E-state index in [9.17, 15) is 5.11 Å². The number of rotatable bonds is 1. The van der Waals surface area contributed by atoms with Gasteiger partial charge in [0, 0.05) is 30.1 Å². The van der Waals surface area contributed by atoms with Crippen LogP contribution in [0.25, 0.3) is 21.9 Å². The second-order valence-electron chi connectivity index (χ2n) is 5.27. The summed E-state index contributed by atoms with van der Waals surface area (Å²) in [6.45, 7) is 1.69. The summed E-state index contributed by atoms with van der Waals surface area (Å²) in [5, 5.41) is 14.2. The summed E-state index contributed by atoms with van der Waals surface area (Å²) in [5.74, 6) is 0. The van der Waals surface area contributed by atoms with E-state index >= 15 is 0 Å². The van der Waals surface area contributed by atoms with Gasteiger partial charge in [-0.1, -0.05) is 18.2 Å². The van der Waals surface area contributed by atoms with Crippen LogP contribution in [0, 0.1) is 0 Å². The van der Waals surface area contributed by atoms with Gasteiger partial charge in [-0.3, -0.25) is 0 Å². The van der Waals surface area contributed by atoms with Gasteiger partial charge in [0.1, 0.15) is 6.33 Å². The minimum Gasteiger partial charge on any atom is -0.393 e. The number of fused-ring (bicyclic) bond motifs is 3. The van der Waals surface area contributed by atoms with Crippen LogP contribution in [0.1, 0.15) is 12.8 Å². The Morgan fingerprint density at radius 1 is 1.10 bits per heavy atom. The minimum absolute atomic E-state index is 0.172. The van der Waals surface area contributed by atoms with Crippen molar-refractivity contribution in [2.45, 2.75) is 18.9 Å². The average molecular weight is 268 g/mol. The zero-order chi connectivity index (χ0) is 13.5. The molecule has 0 saturated carbocycles. The summed E-state index contributed by atoms with van der Waals surface area (Å²) >= 11 is 0. The number of aliphatic hydroxyl groups excluding tert-OH is 1. The van der Waals surface area contributed by atoms with Crippen molar-refractivity contribution < 1.29 is 5.11 Å². The van der Waals surface area contributed by atoms with Gasteiger partial charge in [-0.15, -0.1) is 0 Å². The molecule has 1 aliphatic rings. The van der Waals surface area contributed by atoms with Crippen molar-refractivity contribution in [2.75, 3.05) is 18.1 Å². The number of hydrogen-bond acceptors (Lipinski definition) is 4. The molecule has 1 saturated heterocycles. The Balaban J connectivity index is 1.96. The van der Waals surface area contributed by atoms with E-state index < -0.39 is 0 Å². The van der Waals surface area contributed by atoms with Gasteiger partial charge in [-0.2, -0.15) is 0 Å². The average Bonchev–Trinajstić information content (AvgIpc) is 2.83. The summed E-state index contributed by atoms with van der Waals surface area (Å²) in [4.78, 5) is 8.61. The molecule has 1 N–H and O–H groups in total. The minimum atomic E-state index is -0.172. The summed E-state index contributed by atoms with van der Waals surface area (Å²) in [5.41, 5.74) is 2.09. The molecule has 0 unspecified atom stereocenters. The molecule has 102 valence electrons. The van der Waals surface area contributed by atoms with E-state index in [-0.39, 0.29) is 6.10 Å². The highest BCUT2D eigenvalue weighted by atomic mass is 16.3. The molecule has 0 bridgehead atoms. The van der Waals surface area contributed by atoms with E-state index in [4.69, 9.17) is 0 Å². The number of benzene rings is 1. The first kappa shape index (κ1) is 11.7. The molecule has 0 aliphatic carbocycles. The smallest absolute Gasteiger partial charge is 0.163 e. The normalized spacial score (nSPS) is 17.1. The van der Waals surface area contributed by atoms with Crippen LogP contribution in [-0.4, -0.2) is 38.9 Å². The molecule has 0 atom stereocenters. The van der Waals surface area contributed by atoms with Gasteiger partial charge in [0.05, 0.1) is 11.6 Å². The van der Waals surface area contributed by atoms with Gasteiger partial charge in [0.15, 0.2) is 5.65 Å². The Kier molecular flexibility index (Phi) is 2.60. The summed E-state index contributed by atoms with van der Waals surface area (Å²) in [6, 6.07) is 8.31. The highest BCUT2D eigenvalue weighted by Crippen LogP contribution is 2.27. The van der Waals surface area contributed by atoms with Crippen LogP contribution >= 0.6 is 0 Å². The SMILES string of the molecule is OC1CCN(n2c3ccccc3c3cncnc32)CC1. The Hall–Kier alpha value is -2.14. The molecule has 3 heterocycles. The Morgan fingerprint density at radius 2 is 1.90 bits per heavy atom. The molecule has 1 aromatic carbocycles. The third-order valence-corrected chi connectivity index (χ3v) is 4.04. The first-order chi connectivity index (χ1) is 9.84. The second-order valence-corrected chi connectivity index (χ2v) is 5.27. The maximum absolute atomic E-state index is 9.69. The van der Waals surface area contributed by atoms with Crippen molar-refractivity contribution in [3.63, 3.8) is 0 Å². The van der Waals surface area contributed by atoms with Crippen LogP contribution < -0.4 is 5.01 Å². The van der Waals surface area contributed by atoms with Crippen LogP contribution in [-0.2, 0) is 0 Å². The second kappa shape index (κ2) is 4.45. The lowest BCUT2D eigenvalue weighted by Gasteiger charge is -2.32. The van der Waals surface area contributed by atoms with Crippen LogP contribution in [0.3, 0.4) is 0 Å². The molecule has 0 radical (unpaired) electrons. The number of nitrogens with zero attached hydrogens (tertiary/aromatic N) is 4. The fourth-order valence-electron chi connectivity index (χ4n) is 3.02. The van der Waals surface area contributed by atoms with Gasteiger partial charge < -0.3 is 10.1 Å². The third-order valence-electron chi connectivity index (χ3n) is 4.04. The van der Waals surface area contributed by atoms with Crippen LogP contribution in [0.15, 0.2) is 36.8 Å². The number of piperidine rings is 1. The molecular formula is C15H16N4O. The maximum Gasteiger partial charge on any atom is 0.163 e. The zero-order valence-corrected chi connectivity index (χ0v) is 11.1. The van der Waals surface area contributed by atoms with Crippen LogP contribution in [0.5, 0.6) is 0 Å². The zero-order valence-electron chi connectivity index (χ0n) is 11.1. The predicted molar refractivity (Wildman–Crippen MR) is 78.2 cm³/mol. The molecule has 5 heteroatoms. The predicted octanol–water partition coefficient (Wildman–Crippen LogP) is 1.68. The van der Waals surface area contributed by atoms with Crippen molar-refractivity contribution >= 4 is 21.9 Å². The largest absolute Gasteiger partial charge is 0.393 e. The van der Waals surface area contributed by atoms with Crippen LogP contribution in [0.4, 0.5) is 0 Å². The fourth-order valence-corrected chi connectivity index (χ4v) is 3.02. The van der Waals surface area contributed by atoms with Crippen molar-refractivity contribution in [3.05, 3.63) is 36.8 Å².